The highest BCUT2D eigenvalue weighted by atomic mass is 79.9. The van der Waals surface area contributed by atoms with Crippen LogP contribution in [0.3, 0.4) is 0 Å². The van der Waals surface area contributed by atoms with Crippen molar-refractivity contribution in [1.29, 1.82) is 0 Å². The number of carbonyl (C=O) groups is 1. The molecule has 0 aliphatic heterocycles. The molecule has 0 aliphatic rings. The van der Waals surface area contributed by atoms with Gasteiger partial charge in [0.1, 0.15) is 42.2 Å². The van der Waals surface area contributed by atoms with E-state index < -0.39 is 13.9 Å². The molecule has 0 bridgehead atoms. The second kappa shape index (κ2) is 12.6. The van der Waals surface area contributed by atoms with Crippen LogP contribution in [0.15, 0.2) is 109 Å². The van der Waals surface area contributed by atoms with E-state index in [0.717, 1.165) is 17.0 Å². The summed E-state index contributed by atoms with van der Waals surface area (Å²) < 4.78 is 23.3. The number of esters is 1. The first kappa shape index (κ1) is 26.6. The number of ether oxygens (including phenoxy) is 2. The van der Waals surface area contributed by atoms with Crippen molar-refractivity contribution < 1.29 is 35.6 Å². The summed E-state index contributed by atoms with van der Waals surface area (Å²) >= 11 is 0. The zero-order valence-corrected chi connectivity index (χ0v) is 21.9. The van der Waals surface area contributed by atoms with Crippen molar-refractivity contribution in [1.82, 2.24) is 0 Å². The van der Waals surface area contributed by atoms with Crippen LogP contribution in [0.25, 0.3) is 0 Å². The number of alkyl halides is 1. The molecule has 0 unspecified atom stereocenters. The van der Waals surface area contributed by atoms with Gasteiger partial charge in [0, 0.05) is 6.07 Å². The van der Waals surface area contributed by atoms with Crippen molar-refractivity contribution in [2.45, 2.75) is 6.16 Å². The van der Waals surface area contributed by atoms with Gasteiger partial charge in [0.05, 0.1) is 18.8 Å². The summed E-state index contributed by atoms with van der Waals surface area (Å²) in [5.41, 5.74) is 1.64. The minimum Gasteiger partial charge on any atom is -1.00 e. The number of halogens is 2. The Morgan fingerprint density at radius 2 is 1.34 bits per heavy atom. The van der Waals surface area contributed by atoms with Crippen molar-refractivity contribution in [3.05, 3.63) is 120 Å². The molecule has 0 spiro atoms. The standard InChI is InChI=1S/C29H27FO3P.BrH/c1-32-29(31)24-17-15-23(16-18-24)22-34(26-10-4-2-5-11-26,27-12-6-3-7-13-27)28-14-8-9-25(21-28)33-20-19-30;/h2-18,21H,19-20,22H2,1H3;1H/q+1;/p-1/i30-1;. The largest absolute Gasteiger partial charge is 1.00 e. The Labute approximate surface area is 217 Å². The van der Waals surface area contributed by atoms with Gasteiger partial charge in [0.2, 0.25) is 0 Å². The fourth-order valence-electron chi connectivity index (χ4n) is 4.19. The fraction of sp³-hybridized carbons (Fsp3) is 0.138. The van der Waals surface area contributed by atoms with Crippen LogP contribution in [0.5, 0.6) is 5.75 Å². The van der Waals surface area contributed by atoms with Crippen molar-refractivity contribution in [3.8, 4) is 5.75 Å². The predicted molar refractivity (Wildman–Crippen MR) is 138 cm³/mol. The molecule has 6 heteroatoms. The first-order valence-corrected chi connectivity index (χ1v) is 13.1. The third-order valence-corrected chi connectivity index (χ3v) is 10.2. The zero-order chi connectivity index (χ0) is 23.8. The molecule has 0 amide bonds. The molecule has 180 valence electrons. The molecule has 0 atom stereocenters. The highest BCUT2D eigenvalue weighted by Gasteiger charge is 2.45. The average molecular weight is 552 g/mol. The van der Waals surface area contributed by atoms with Gasteiger partial charge >= 0.3 is 5.97 Å². The maximum absolute atomic E-state index is 12.8. The van der Waals surface area contributed by atoms with E-state index in [4.69, 9.17) is 9.47 Å². The maximum Gasteiger partial charge on any atom is 0.337 e. The van der Waals surface area contributed by atoms with Gasteiger partial charge in [-0.2, -0.15) is 0 Å². The first-order chi connectivity index (χ1) is 16.7. The molecular formula is C29H27BrFO3P. The number of benzene rings is 4. The summed E-state index contributed by atoms with van der Waals surface area (Å²) in [7, 11) is -0.785. The van der Waals surface area contributed by atoms with Crippen LogP contribution in [0.2, 0.25) is 0 Å². The lowest BCUT2D eigenvalue weighted by Crippen LogP contribution is -3.00. The molecular weight excluding hydrogens is 525 g/mol. The molecule has 0 heterocycles. The summed E-state index contributed by atoms with van der Waals surface area (Å²) in [5, 5.41) is 3.63. The lowest BCUT2D eigenvalue weighted by atomic mass is 10.1. The number of methoxy groups -OCH3 is 1. The lowest BCUT2D eigenvalue weighted by Gasteiger charge is -2.28. The van der Waals surface area contributed by atoms with Gasteiger partial charge < -0.3 is 26.5 Å². The van der Waals surface area contributed by atoms with E-state index in [2.05, 4.69) is 54.6 Å². The molecule has 3 nitrogen and oxygen atoms in total. The van der Waals surface area contributed by atoms with Crippen LogP contribution in [-0.2, 0) is 10.9 Å². The molecule has 0 N–H and O–H groups in total. The first-order valence-electron chi connectivity index (χ1n) is 11.1. The molecule has 35 heavy (non-hydrogen) atoms. The number of rotatable bonds is 9. The van der Waals surface area contributed by atoms with Crippen LogP contribution in [0, 0.1) is 0 Å². The smallest absolute Gasteiger partial charge is 0.337 e. The summed E-state index contributed by atoms with van der Waals surface area (Å²) in [6, 6.07) is 36.7. The molecule has 4 rings (SSSR count). The monoisotopic (exact) mass is 551 g/mol. The highest BCUT2D eigenvalue weighted by molar-refractivity contribution is 7.95. The van der Waals surface area contributed by atoms with Gasteiger partial charge in [-0.1, -0.05) is 54.6 Å². The predicted octanol–water partition coefficient (Wildman–Crippen LogP) is 2.32. The number of carbonyl (C=O) groups excluding carboxylic acids is 1. The second-order valence-electron chi connectivity index (χ2n) is 7.86. The van der Waals surface area contributed by atoms with Gasteiger partial charge in [0.15, 0.2) is 0 Å². The fourth-order valence-corrected chi connectivity index (χ4v) is 8.44. The zero-order valence-electron chi connectivity index (χ0n) is 19.4. The highest BCUT2D eigenvalue weighted by Crippen LogP contribution is 2.58. The Balaban J connectivity index is 0.00000342. The third-order valence-electron chi connectivity index (χ3n) is 5.79. The van der Waals surface area contributed by atoms with E-state index in [0.29, 0.717) is 11.3 Å². The Kier molecular flexibility index (Phi) is 9.59. The Hall–Kier alpha value is -3.01. The minimum atomic E-state index is -2.17. The van der Waals surface area contributed by atoms with Crippen molar-refractivity contribution in [3.63, 3.8) is 0 Å². The van der Waals surface area contributed by atoms with E-state index in [-0.39, 0.29) is 29.6 Å². The molecule has 0 aliphatic carbocycles. The summed E-state index contributed by atoms with van der Waals surface area (Å²) in [5.74, 6) is 0.309. The summed E-state index contributed by atoms with van der Waals surface area (Å²) in [6.45, 7) is -0.505. The summed E-state index contributed by atoms with van der Waals surface area (Å²) in [4.78, 5) is 11.9. The molecule has 0 aromatic heterocycles. The van der Waals surface area contributed by atoms with E-state index in [1.54, 1.807) is 0 Å². The molecule has 4 aromatic rings. The SMILES string of the molecule is COC(=O)c1ccc(C[P+](c2ccccc2)(c2ccccc2)c2cccc(OCC[18F])c2)cc1.[Br-]. The molecule has 0 radical (unpaired) electrons. The molecule has 0 saturated carbocycles. The van der Waals surface area contributed by atoms with Gasteiger partial charge in [-0.3, -0.25) is 0 Å². The quantitative estimate of drug-likeness (QED) is 0.236. The lowest BCUT2D eigenvalue weighted by molar-refractivity contribution is -0.0000220. The average Bonchev–Trinajstić information content (AvgIpc) is 2.91. The van der Waals surface area contributed by atoms with Crippen molar-refractivity contribution in [2.75, 3.05) is 20.4 Å². The third kappa shape index (κ3) is 5.98. The molecule has 4 aromatic carbocycles. The number of hydrogen-bond donors (Lipinski definition) is 0. The van der Waals surface area contributed by atoms with Gasteiger partial charge in [-0.15, -0.1) is 0 Å². The van der Waals surface area contributed by atoms with Crippen molar-refractivity contribution in [2.24, 2.45) is 0 Å². The van der Waals surface area contributed by atoms with E-state index >= 15 is 0 Å². The van der Waals surface area contributed by atoms with Gasteiger partial charge in [0.25, 0.3) is 0 Å². The van der Waals surface area contributed by atoms with Crippen LogP contribution in [0.1, 0.15) is 15.9 Å². The van der Waals surface area contributed by atoms with Crippen LogP contribution < -0.4 is 37.6 Å². The molecule has 0 fully saturated rings. The Bertz CT molecular complexity index is 1180. The van der Waals surface area contributed by atoms with Crippen LogP contribution in [0.4, 0.5) is 4.39 Å². The maximum atomic E-state index is 12.8. The van der Waals surface area contributed by atoms with Crippen LogP contribution >= 0.6 is 7.26 Å². The van der Waals surface area contributed by atoms with E-state index in [1.807, 2.05) is 54.6 Å². The topological polar surface area (TPSA) is 35.5 Å². The second-order valence-corrected chi connectivity index (χ2v) is 11.3. The van der Waals surface area contributed by atoms with E-state index in [1.165, 1.54) is 17.7 Å². The minimum absolute atomic E-state index is 0. The normalized spacial score (nSPS) is 10.8. The summed E-state index contributed by atoms with van der Waals surface area (Å²) in [6.07, 6.45) is 0.759. The Morgan fingerprint density at radius 1 is 0.771 bits per heavy atom. The van der Waals surface area contributed by atoms with E-state index in [9.17, 15) is 9.18 Å². The van der Waals surface area contributed by atoms with Crippen LogP contribution in [-0.4, -0.2) is 26.4 Å². The van der Waals surface area contributed by atoms with Crippen molar-refractivity contribution >= 4 is 29.1 Å². The van der Waals surface area contributed by atoms with Gasteiger partial charge in [-0.25, -0.2) is 9.18 Å². The Morgan fingerprint density at radius 3 is 1.89 bits per heavy atom. The molecule has 0 saturated heterocycles. The van der Waals surface area contributed by atoms with Gasteiger partial charge in [-0.05, 0) is 54.1 Å². The number of hydrogen-bond acceptors (Lipinski definition) is 3.